The number of rotatable bonds is 2. The summed E-state index contributed by atoms with van der Waals surface area (Å²) in [6, 6.07) is 0. The minimum Gasteiger partial charge on any atom is -0.393 e. The molecule has 70 valence electrons. The minimum absolute atomic E-state index is 0.0331. The third-order valence-electron chi connectivity index (χ3n) is 3.21. The molecule has 2 rings (SSSR count). The summed E-state index contributed by atoms with van der Waals surface area (Å²) < 4.78 is 5.55. The minimum atomic E-state index is -0.0331. The summed E-state index contributed by atoms with van der Waals surface area (Å²) in [5, 5.41) is 9.59. The van der Waals surface area contributed by atoms with E-state index in [9.17, 15) is 5.11 Å². The molecule has 1 heterocycles. The SMILES string of the molecule is OC1CCCC1CC1CCCO1. The van der Waals surface area contributed by atoms with Crippen molar-refractivity contribution in [3.8, 4) is 0 Å². The van der Waals surface area contributed by atoms with Gasteiger partial charge in [0.15, 0.2) is 0 Å². The standard InChI is InChI=1S/C10H18O2/c11-10-5-1-3-8(10)7-9-4-2-6-12-9/h8-11H,1-7H2. The Hall–Kier alpha value is -0.0800. The number of aliphatic hydroxyl groups is 1. The lowest BCUT2D eigenvalue weighted by molar-refractivity contribution is 0.0570. The van der Waals surface area contributed by atoms with Gasteiger partial charge in [-0.3, -0.25) is 0 Å². The predicted molar refractivity (Wildman–Crippen MR) is 46.9 cm³/mol. The Morgan fingerprint density at radius 1 is 1.17 bits per heavy atom. The van der Waals surface area contributed by atoms with E-state index in [1.165, 1.54) is 25.7 Å². The molecule has 0 aromatic rings. The summed E-state index contributed by atoms with van der Waals surface area (Å²) in [5.74, 6) is 0.535. The van der Waals surface area contributed by atoms with Crippen LogP contribution in [0.15, 0.2) is 0 Å². The molecule has 2 fully saturated rings. The zero-order chi connectivity index (χ0) is 8.39. The molecule has 3 unspecified atom stereocenters. The summed E-state index contributed by atoms with van der Waals surface area (Å²) in [4.78, 5) is 0. The van der Waals surface area contributed by atoms with Gasteiger partial charge in [-0.05, 0) is 38.0 Å². The van der Waals surface area contributed by atoms with Crippen LogP contribution in [0.3, 0.4) is 0 Å². The molecule has 0 spiro atoms. The van der Waals surface area contributed by atoms with Crippen LogP contribution in [-0.2, 0) is 4.74 Å². The fourth-order valence-corrected chi connectivity index (χ4v) is 2.46. The molecule has 3 atom stereocenters. The first-order valence-corrected chi connectivity index (χ1v) is 5.16. The topological polar surface area (TPSA) is 29.5 Å². The van der Waals surface area contributed by atoms with Gasteiger partial charge in [-0.25, -0.2) is 0 Å². The van der Waals surface area contributed by atoms with Gasteiger partial charge < -0.3 is 9.84 Å². The smallest absolute Gasteiger partial charge is 0.0579 e. The highest BCUT2D eigenvalue weighted by Gasteiger charge is 2.29. The van der Waals surface area contributed by atoms with E-state index in [2.05, 4.69) is 0 Å². The lowest BCUT2D eigenvalue weighted by Gasteiger charge is -2.17. The first-order valence-electron chi connectivity index (χ1n) is 5.16. The molecule has 1 saturated heterocycles. The van der Waals surface area contributed by atoms with Crippen molar-refractivity contribution >= 4 is 0 Å². The number of aliphatic hydroxyl groups excluding tert-OH is 1. The van der Waals surface area contributed by atoms with Crippen molar-refractivity contribution in [3.05, 3.63) is 0 Å². The Balaban J connectivity index is 1.77. The van der Waals surface area contributed by atoms with Gasteiger partial charge in [-0.2, -0.15) is 0 Å². The first-order chi connectivity index (χ1) is 5.86. The maximum absolute atomic E-state index is 9.59. The van der Waals surface area contributed by atoms with E-state index >= 15 is 0 Å². The third kappa shape index (κ3) is 1.80. The highest BCUT2D eigenvalue weighted by Crippen LogP contribution is 2.32. The summed E-state index contributed by atoms with van der Waals surface area (Å²) >= 11 is 0. The van der Waals surface area contributed by atoms with E-state index in [1.807, 2.05) is 0 Å². The van der Waals surface area contributed by atoms with E-state index in [0.29, 0.717) is 12.0 Å². The van der Waals surface area contributed by atoms with Crippen molar-refractivity contribution in [1.82, 2.24) is 0 Å². The Kier molecular flexibility index (Phi) is 2.66. The van der Waals surface area contributed by atoms with Crippen LogP contribution in [0.4, 0.5) is 0 Å². The van der Waals surface area contributed by atoms with Crippen LogP contribution in [0, 0.1) is 5.92 Å². The molecule has 12 heavy (non-hydrogen) atoms. The Morgan fingerprint density at radius 3 is 2.67 bits per heavy atom. The number of hydrogen-bond donors (Lipinski definition) is 1. The maximum Gasteiger partial charge on any atom is 0.0579 e. The summed E-state index contributed by atoms with van der Waals surface area (Å²) in [6.45, 7) is 0.938. The van der Waals surface area contributed by atoms with E-state index in [1.54, 1.807) is 0 Å². The van der Waals surface area contributed by atoms with E-state index in [0.717, 1.165) is 19.4 Å². The second-order valence-electron chi connectivity index (χ2n) is 4.13. The van der Waals surface area contributed by atoms with Gasteiger partial charge in [0.05, 0.1) is 12.2 Å². The molecule has 0 radical (unpaired) electrons. The van der Waals surface area contributed by atoms with E-state index in [-0.39, 0.29) is 6.10 Å². The van der Waals surface area contributed by atoms with Crippen LogP contribution in [0.25, 0.3) is 0 Å². The van der Waals surface area contributed by atoms with Crippen molar-refractivity contribution in [2.75, 3.05) is 6.61 Å². The monoisotopic (exact) mass is 170 g/mol. The molecule has 0 amide bonds. The van der Waals surface area contributed by atoms with Crippen LogP contribution in [0.1, 0.15) is 38.5 Å². The van der Waals surface area contributed by atoms with Gasteiger partial charge >= 0.3 is 0 Å². The number of hydrogen-bond acceptors (Lipinski definition) is 2. The second kappa shape index (κ2) is 3.75. The fraction of sp³-hybridized carbons (Fsp3) is 1.00. The van der Waals surface area contributed by atoms with Crippen LogP contribution in [0.2, 0.25) is 0 Å². The summed E-state index contributed by atoms with van der Waals surface area (Å²) in [5.41, 5.74) is 0. The van der Waals surface area contributed by atoms with Crippen LogP contribution in [-0.4, -0.2) is 23.9 Å². The molecular formula is C10H18O2. The molecule has 0 bridgehead atoms. The molecule has 0 aromatic carbocycles. The van der Waals surface area contributed by atoms with E-state index in [4.69, 9.17) is 4.74 Å². The lowest BCUT2D eigenvalue weighted by atomic mass is 9.97. The van der Waals surface area contributed by atoms with Crippen molar-refractivity contribution in [2.45, 2.75) is 50.7 Å². The van der Waals surface area contributed by atoms with Gasteiger partial charge in [0.2, 0.25) is 0 Å². The highest BCUT2D eigenvalue weighted by molar-refractivity contribution is 4.80. The average Bonchev–Trinajstić information content (AvgIpc) is 2.65. The van der Waals surface area contributed by atoms with Crippen LogP contribution < -0.4 is 0 Å². The quantitative estimate of drug-likeness (QED) is 0.683. The molecular weight excluding hydrogens is 152 g/mol. The van der Waals surface area contributed by atoms with Gasteiger partial charge in [0.25, 0.3) is 0 Å². The van der Waals surface area contributed by atoms with Crippen molar-refractivity contribution in [1.29, 1.82) is 0 Å². The van der Waals surface area contributed by atoms with Crippen molar-refractivity contribution in [3.63, 3.8) is 0 Å². The Bertz CT molecular complexity index is 141. The molecule has 2 aliphatic rings. The zero-order valence-corrected chi connectivity index (χ0v) is 7.54. The maximum atomic E-state index is 9.59. The van der Waals surface area contributed by atoms with Gasteiger partial charge in [0.1, 0.15) is 0 Å². The molecule has 1 saturated carbocycles. The fourth-order valence-electron chi connectivity index (χ4n) is 2.46. The highest BCUT2D eigenvalue weighted by atomic mass is 16.5. The molecule has 2 heteroatoms. The third-order valence-corrected chi connectivity index (χ3v) is 3.21. The Labute approximate surface area is 73.9 Å². The van der Waals surface area contributed by atoms with Gasteiger partial charge in [0, 0.05) is 6.61 Å². The first kappa shape index (κ1) is 8.52. The molecule has 1 aliphatic carbocycles. The number of ether oxygens (including phenoxy) is 1. The van der Waals surface area contributed by atoms with Crippen molar-refractivity contribution < 1.29 is 9.84 Å². The normalized spacial score (nSPS) is 42.2. The molecule has 1 N–H and O–H groups in total. The average molecular weight is 170 g/mol. The largest absolute Gasteiger partial charge is 0.393 e. The van der Waals surface area contributed by atoms with Crippen molar-refractivity contribution in [2.24, 2.45) is 5.92 Å². The summed E-state index contributed by atoms with van der Waals surface area (Å²) in [7, 11) is 0. The lowest BCUT2D eigenvalue weighted by Crippen LogP contribution is -2.19. The molecule has 1 aliphatic heterocycles. The zero-order valence-electron chi connectivity index (χ0n) is 7.54. The van der Waals surface area contributed by atoms with Gasteiger partial charge in [-0.15, -0.1) is 0 Å². The van der Waals surface area contributed by atoms with Crippen LogP contribution in [0.5, 0.6) is 0 Å². The Morgan fingerprint density at radius 2 is 2.08 bits per heavy atom. The van der Waals surface area contributed by atoms with Crippen LogP contribution >= 0.6 is 0 Å². The van der Waals surface area contributed by atoms with Gasteiger partial charge in [-0.1, -0.05) is 6.42 Å². The molecule has 2 nitrogen and oxygen atoms in total. The molecule has 0 aromatic heterocycles. The van der Waals surface area contributed by atoms with E-state index < -0.39 is 0 Å². The predicted octanol–water partition coefficient (Wildman–Crippen LogP) is 1.72. The summed E-state index contributed by atoms with van der Waals surface area (Å²) in [6.07, 6.45) is 7.38. The second-order valence-corrected chi connectivity index (χ2v) is 4.13.